The second-order valence-corrected chi connectivity index (χ2v) is 4.70. The van der Waals surface area contributed by atoms with Crippen LogP contribution in [0.15, 0.2) is 35.1 Å². The summed E-state index contributed by atoms with van der Waals surface area (Å²) in [5.74, 6) is 0.00283. The van der Waals surface area contributed by atoms with E-state index in [4.69, 9.17) is 4.74 Å². The maximum absolute atomic E-state index is 11.9. The Morgan fingerprint density at radius 3 is 2.58 bits per heavy atom. The van der Waals surface area contributed by atoms with E-state index in [1.54, 1.807) is 6.07 Å². The molecule has 0 amide bonds. The van der Waals surface area contributed by atoms with Crippen molar-refractivity contribution in [3.05, 3.63) is 51.7 Å². The molecule has 0 aromatic heterocycles. The Balaban J connectivity index is 3.39. The fourth-order valence-corrected chi connectivity index (χ4v) is 1.87. The van der Waals surface area contributed by atoms with E-state index in [1.807, 2.05) is 45.9 Å². The molecule has 0 fully saturated rings. The van der Waals surface area contributed by atoms with Gasteiger partial charge < -0.3 is 9.84 Å². The molecule has 0 radical (unpaired) electrons. The van der Waals surface area contributed by atoms with Crippen LogP contribution in [0, 0.1) is 0 Å². The molecule has 1 rings (SSSR count). The molecule has 1 atom stereocenters. The molecule has 1 N–H and O–H groups in total. The van der Waals surface area contributed by atoms with Crippen molar-refractivity contribution in [1.29, 1.82) is 0 Å². The molecule has 19 heavy (non-hydrogen) atoms. The lowest BCUT2D eigenvalue weighted by molar-refractivity contribution is 0.0948. The Hall–Kier alpha value is -1.61. The SMILES string of the molecule is C/C=C/C(OCC)c1ccc(C(C)C)cc(=O)c1O. The van der Waals surface area contributed by atoms with Crippen molar-refractivity contribution < 1.29 is 9.84 Å². The summed E-state index contributed by atoms with van der Waals surface area (Å²) in [5, 5.41) is 10.1. The van der Waals surface area contributed by atoms with E-state index in [2.05, 4.69) is 0 Å². The predicted molar refractivity (Wildman–Crippen MR) is 77.6 cm³/mol. The van der Waals surface area contributed by atoms with Crippen LogP contribution in [-0.2, 0) is 4.74 Å². The van der Waals surface area contributed by atoms with Gasteiger partial charge >= 0.3 is 0 Å². The molecule has 3 heteroatoms. The molecule has 0 saturated heterocycles. The van der Waals surface area contributed by atoms with Gasteiger partial charge in [0.2, 0.25) is 5.43 Å². The second kappa shape index (κ2) is 7.10. The second-order valence-electron chi connectivity index (χ2n) is 4.70. The molecular formula is C16H22O3. The highest BCUT2D eigenvalue weighted by atomic mass is 16.5. The van der Waals surface area contributed by atoms with Crippen molar-refractivity contribution in [1.82, 2.24) is 0 Å². The van der Waals surface area contributed by atoms with Gasteiger partial charge in [-0.1, -0.05) is 38.1 Å². The maximum atomic E-state index is 11.9. The molecule has 0 spiro atoms. The molecule has 0 saturated carbocycles. The highest BCUT2D eigenvalue weighted by molar-refractivity contribution is 5.37. The van der Waals surface area contributed by atoms with Crippen molar-refractivity contribution in [3.8, 4) is 5.75 Å². The van der Waals surface area contributed by atoms with Gasteiger partial charge in [-0.2, -0.15) is 0 Å². The first kappa shape index (κ1) is 15.4. The van der Waals surface area contributed by atoms with Crippen LogP contribution in [0.4, 0.5) is 0 Å². The fraction of sp³-hybridized carbons (Fsp3) is 0.438. The summed E-state index contributed by atoms with van der Waals surface area (Å²) in [6.45, 7) is 8.30. The lowest BCUT2D eigenvalue weighted by Crippen LogP contribution is -2.05. The lowest BCUT2D eigenvalue weighted by Gasteiger charge is -2.12. The molecule has 0 heterocycles. The van der Waals surface area contributed by atoms with Gasteiger partial charge in [-0.25, -0.2) is 0 Å². The molecule has 0 aliphatic heterocycles. The Morgan fingerprint density at radius 1 is 1.37 bits per heavy atom. The number of rotatable bonds is 5. The zero-order valence-electron chi connectivity index (χ0n) is 12.0. The standard InChI is InChI=1S/C16H22O3/c1-5-7-15(19-6-2)13-9-8-12(11(3)4)10-14(17)16(13)18/h5,7-11,15H,6H2,1-4H3,(H,17,18)/b7-5+. The first-order valence-corrected chi connectivity index (χ1v) is 6.62. The van der Waals surface area contributed by atoms with Crippen LogP contribution in [0.2, 0.25) is 0 Å². The van der Waals surface area contributed by atoms with Crippen molar-refractivity contribution in [2.24, 2.45) is 0 Å². The van der Waals surface area contributed by atoms with Gasteiger partial charge in [0.05, 0.1) is 0 Å². The van der Waals surface area contributed by atoms with Crippen LogP contribution < -0.4 is 5.43 Å². The average molecular weight is 262 g/mol. The third-order valence-electron chi connectivity index (χ3n) is 2.95. The minimum atomic E-state index is -0.393. The fourth-order valence-electron chi connectivity index (χ4n) is 1.87. The van der Waals surface area contributed by atoms with Crippen LogP contribution in [0.25, 0.3) is 0 Å². The molecule has 1 unspecified atom stereocenters. The zero-order chi connectivity index (χ0) is 14.4. The highest BCUT2D eigenvalue weighted by Gasteiger charge is 2.14. The Labute approximate surface area is 114 Å². The number of hydrogen-bond acceptors (Lipinski definition) is 3. The van der Waals surface area contributed by atoms with E-state index < -0.39 is 6.10 Å². The Bertz CT molecular complexity index is 504. The third-order valence-corrected chi connectivity index (χ3v) is 2.95. The van der Waals surface area contributed by atoms with Crippen LogP contribution in [-0.4, -0.2) is 11.7 Å². The summed E-state index contributed by atoms with van der Waals surface area (Å²) in [4.78, 5) is 11.9. The van der Waals surface area contributed by atoms with E-state index in [9.17, 15) is 9.90 Å². The summed E-state index contributed by atoms with van der Waals surface area (Å²) in [6.07, 6.45) is 3.28. The van der Waals surface area contributed by atoms with Gasteiger partial charge in [0.1, 0.15) is 6.10 Å². The third kappa shape index (κ3) is 3.93. The smallest absolute Gasteiger partial charge is 0.220 e. The molecule has 3 nitrogen and oxygen atoms in total. The maximum Gasteiger partial charge on any atom is 0.220 e. The van der Waals surface area contributed by atoms with E-state index in [1.165, 1.54) is 6.07 Å². The van der Waals surface area contributed by atoms with Crippen molar-refractivity contribution >= 4 is 0 Å². The molecular weight excluding hydrogens is 240 g/mol. The minimum Gasteiger partial charge on any atom is -0.504 e. The van der Waals surface area contributed by atoms with Crippen molar-refractivity contribution in [3.63, 3.8) is 0 Å². The first-order chi connectivity index (χ1) is 9.01. The van der Waals surface area contributed by atoms with Gasteiger partial charge in [0, 0.05) is 12.2 Å². The van der Waals surface area contributed by atoms with E-state index in [0.717, 1.165) is 5.56 Å². The van der Waals surface area contributed by atoms with Gasteiger partial charge in [-0.15, -0.1) is 0 Å². The van der Waals surface area contributed by atoms with E-state index in [0.29, 0.717) is 12.2 Å². The minimum absolute atomic E-state index is 0.233. The van der Waals surface area contributed by atoms with Crippen LogP contribution in [0.3, 0.4) is 0 Å². The summed E-state index contributed by atoms with van der Waals surface area (Å²) in [5.41, 5.74) is 1.05. The Kier molecular flexibility index (Phi) is 5.77. The van der Waals surface area contributed by atoms with E-state index in [-0.39, 0.29) is 17.1 Å². The molecule has 104 valence electrons. The quantitative estimate of drug-likeness (QED) is 0.826. The van der Waals surface area contributed by atoms with E-state index >= 15 is 0 Å². The van der Waals surface area contributed by atoms with Crippen LogP contribution in [0.1, 0.15) is 50.8 Å². The molecule has 0 aliphatic carbocycles. The van der Waals surface area contributed by atoms with Gasteiger partial charge in [-0.05, 0) is 31.4 Å². The van der Waals surface area contributed by atoms with Gasteiger partial charge in [0.15, 0.2) is 5.75 Å². The predicted octanol–water partition coefficient (Wildman–Crippen LogP) is 3.53. The average Bonchev–Trinajstić information content (AvgIpc) is 2.50. The molecule has 0 aliphatic rings. The summed E-state index contributed by atoms with van der Waals surface area (Å²) >= 11 is 0. The summed E-state index contributed by atoms with van der Waals surface area (Å²) in [7, 11) is 0. The topological polar surface area (TPSA) is 46.5 Å². The monoisotopic (exact) mass is 262 g/mol. The zero-order valence-corrected chi connectivity index (χ0v) is 12.0. The Morgan fingerprint density at radius 2 is 2.05 bits per heavy atom. The molecule has 1 aromatic rings. The number of aromatic hydroxyl groups is 1. The van der Waals surface area contributed by atoms with Crippen LogP contribution >= 0.6 is 0 Å². The van der Waals surface area contributed by atoms with Gasteiger partial charge in [0.25, 0.3) is 0 Å². The first-order valence-electron chi connectivity index (χ1n) is 6.62. The van der Waals surface area contributed by atoms with Crippen LogP contribution in [0.5, 0.6) is 5.75 Å². The van der Waals surface area contributed by atoms with Crippen molar-refractivity contribution in [2.45, 2.75) is 39.7 Å². The highest BCUT2D eigenvalue weighted by Crippen LogP contribution is 2.26. The number of allylic oxidation sites excluding steroid dienone is 1. The van der Waals surface area contributed by atoms with Gasteiger partial charge in [-0.3, -0.25) is 4.79 Å². The summed E-state index contributed by atoms with van der Waals surface area (Å²) < 4.78 is 5.56. The number of hydrogen-bond donors (Lipinski definition) is 1. The number of ether oxygens (including phenoxy) is 1. The molecule has 0 bridgehead atoms. The lowest BCUT2D eigenvalue weighted by atomic mass is 10.1. The molecule has 1 aromatic carbocycles. The van der Waals surface area contributed by atoms with Crippen molar-refractivity contribution in [2.75, 3.05) is 6.61 Å². The largest absolute Gasteiger partial charge is 0.504 e. The normalized spacial score (nSPS) is 13.1. The summed E-state index contributed by atoms with van der Waals surface area (Å²) in [6, 6.07) is 5.13.